The van der Waals surface area contributed by atoms with Gasteiger partial charge >= 0.3 is 0 Å². The van der Waals surface area contributed by atoms with Gasteiger partial charge in [-0.3, -0.25) is 4.79 Å². The molecular formula is C11H13NO3. The molecule has 0 unspecified atom stereocenters. The fourth-order valence-corrected chi connectivity index (χ4v) is 1.73. The molecule has 0 fully saturated rings. The summed E-state index contributed by atoms with van der Waals surface area (Å²) in [5, 5.41) is 3.03. The van der Waals surface area contributed by atoms with Crippen LogP contribution in [0.2, 0.25) is 0 Å². The van der Waals surface area contributed by atoms with Gasteiger partial charge < -0.3 is 14.8 Å². The van der Waals surface area contributed by atoms with Crippen molar-refractivity contribution in [1.29, 1.82) is 0 Å². The van der Waals surface area contributed by atoms with Crippen LogP contribution in [0.15, 0.2) is 12.1 Å². The van der Waals surface area contributed by atoms with Gasteiger partial charge in [-0.25, -0.2) is 0 Å². The molecule has 0 atom stereocenters. The first-order chi connectivity index (χ1) is 7.26. The van der Waals surface area contributed by atoms with Gasteiger partial charge in [-0.05, 0) is 17.7 Å². The van der Waals surface area contributed by atoms with Gasteiger partial charge in [0.05, 0.1) is 20.8 Å². The zero-order valence-corrected chi connectivity index (χ0v) is 8.79. The van der Waals surface area contributed by atoms with Crippen LogP contribution < -0.4 is 14.8 Å². The van der Waals surface area contributed by atoms with Crippen LogP contribution in [0, 0.1) is 0 Å². The smallest absolute Gasteiger partial charge is 0.177 e. The molecule has 0 aromatic heterocycles. The summed E-state index contributed by atoms with van der Waals surface area (Å²) in [5.41, 5.74) is 1.69. The number of ether oxygens (including phenoxy) is 2. The van der Waals surface area contributed by atoms with Gasteiger partial charge in [0.1, 0.15) is 0 Å². The molecule has 1 heterocycles. The van der Waals surface area contributed by atoms with Crippen molar-refractivity contribution >= 4 is 5.78 Å². The number of rotatable bonds is 2. The molecule has 0 saturated carbocycles. The summed E-state index contributed by atoms with van der Waals surface area (Å²) in [4.78, 5) is 11.6. The molecular weight excluding hydrogens is 194 g/mol. The number of benzene rings is 1. The quantitative estimate of drug-likeness (QED) is 0.785. The second-order valence-electron chi connectivity index (χ2n) is 3.39. The topological polar surface area (TPSA) is 47.6 Å². The summed E-state index contributed by atoms with van der Waals surface area (Å²) in [7, 11) is 3.15. The molecule has 4 heteroatoms. The lowest BCUT2D eigenvalue weighted by atomic mass is 9.99. The maximum Gasteiger partial charge on any atom is 0.177 e. The molecule has 0 amide bonds. The van der Waals surface area contributed by atoms with Crippen molar-refractivity contribution in [3.05, 3.63) is 23.3 Å². The van der Waals surface area contributed by atoms with Gasteiger partial charge in [0.15, 0.2) is 17.3 Å². The summed E-state index contributed by atoms with van der Waals surface area (Å²) in [6.45, 7) is 1.09. The molecule has 1 aliphatic heterocycles. The van der Waals surface area contributed by atoms with Gasteiger partial charge in [0.2, 0.25) is 0 Å². The van der Waals surface area contributed by atoms with E-state index in [0.717, 1.165) is 11.1 Å². The second-order valence-corrected chi connectivity index (χ2v) is 3.39. The van der Waals surface area contributed by atoms with Crippen molar-refractivity contribution in [2.45, 2.75) is 6.54 Å². The number of nitrogens with one attached hydrogen (secondary N) is 1. The molecule has 80 valence electrons. The van der Waals surface area contributed by atoms with E-state index in [1.54, 1.807) is 20.3 Å². The van der Waals surface area contributed by atoms with Gasteiger partial charge in [-0.2, -0.15) is 0 Å². The SMILES string of the molecule is COc1cc2c(cc1OC)C(=O)CNC2. The Labute approximate surface area is 88.2 Å². The van der Waals surface area contributed by atoms with Crippen LogP contribution in [0.1, 0.15) is 15.9 Å². The zero-order valence-electron chi connectivity index (χ0n) is 8.79. The van der Waals surface area contributed by atoms with Crippen LogP contribution in [0.4, 0.5) is 0 Å². The highest BCUT2D eigenvalue weighted by Crippen LogP contribution is 2.31. The number of Topliss-reactive ketones (excluding diaryl/α,β-unsaturated/α-hetero) is 1. The summed E-state index contributed by atoms with van der Waals surface area (Å²) in [6.07, 6.45) is 0. The maximum absolute atomic E-state index is 11.6. The van der Waals surface area contributed by atoms with E-state index in [2.05, 4.69) is 5.32 Å². The van der Waals surface area contributed by atoms with E-state index in [4.69, 9.17) is 9.47 Å². The Morgan fingerprint density at radius 2 is 1.80 bits per heavy atom. The molecule has 0 bridgehead atoms. The van der Waals surface area contributed by atoms with E-state index < -0.39 is 0 Å². The zero-order chi connectivity index (χ0) is 10.8. The van der Waals surface area contributed by atoms with Crippen molar-refractivity contribution < 1.29 is 14.3 Å². The van der Waals surface area contributed by atoms with E-state index in [1.807, 2.05) is 6.07 Å². The van der Waals surface area contributed by atoms with Crippen molar-refractivity contribution in [1.82, 2.24) is 5.32 Å². The van der Waals surface area contributed by atoms with Crippen molar-refractivity contribution in [2.75, 3.05) is 20.8 Å². The average Bonchev–Trinajstić information content (AvgIpc) is 2.28. The Hall–Kier alpha value is -1.55. The van der Waals surface area contributed by atoms with E-state index in [1.165, 1.54) is 0 Å². The number of ketones is 1. The highest BCUT2D eigenvalue weighted by Gasteiger charge is 2.19. The molecule has 1 N–H and O–H groups in total. The van der Waals surface area contributed by atoms with Crippen LogP contribution in [0.3, 0.4) is 0 Å². The second kappa shape index (κ2) is 3.90. The van der Waals surface area contributed by atoms with Crippen LogP contribution >= 0.6 is 0 Å². The molecule has 15 heavy (non-hydrogen) atoms. The van der Waals surface area contributed by atoms with E-state index >= 15 is 0 Å². The van der Waals surface area contributed by atoms with Crippen LogP contribution in [-0.4, -0.2) is 26.5 Å². The third-order valence-corrected chi connectivity index (χ3v) is 2.51. The first kappa shape index (κ1) is 9.98. The van der Waals surface area contributed by atoms with Crippen LogP contribution in [0.25, 0.3) is 0 Å². The normalized spacial score (nSPS) is 14.7. The molecule has 0 saturated heterocycles. The van der Waals surface area contributed by atoms with Gasteiger partial charge in [0, 0.05) is 12.1 Å². The minimum Gasteiger partial charge on any atom is -0.493 e. The predicted molar refractivity (Wildman–Crippen MR) is 55.6 cm³/mol. The Balaban J connectivity index is 2.53. The van der Waals surface area contributed by atoms with E-state index in [9.17, 15) is 4.79 Å². The molecule has 1 aromatic carbocycles. The maximum atomic E-state index is 11.6. The average molecular weight is 207 g/mol. The lowest BCUT2D eigenvalue weighted by Gasteiger charge is -2.18. The number of carbonyl (C=O) groups excluding carboxylic acids is 1. The lowest BCUT2D eigenvalue weighted by Crippen LogP contribution is -2.29. The minimum absolute atomic E-state index is 0.0946. The number of fused-ring (bicyclic) bond motifs is 1. The van der Waals surface area contributed by atoms with Gasteiger partial charge in [-0.15, -0.1) is 0 Å². The van der Waals surface area contributed by atoms with Crippen LogP contribution in [-0.2, 0) is 6.54 Å². The number of hydrogen-bond donors (Lipinski definition) is 1. The third-order valence-electron chi connectivity index (χ3n) is 2.51. The standard InChI is InChI=1S/C11H13NO3/c1-14-10-3-7-5-12-6-9(13)8(7)4-11(10)15-2/h3-4,12H,5-6H2,1-2H3. The van der Waals surface area contributed by atoms with Gasteiger partial charge in [-0.1, -0.05) is 0 Å². The van der Waals surface area contributed by atoms with E-state index in [0.29, 0.717) is 24.6 Å². The fourth-order valence-electron chi connectivity index (χ4n) is 1.73. The Kier molecular flexibility index (Phi) is 2.60. The molecule has 0 spiro atoms. The molecule has 2 rings (SSSR count). The highest BCUT2D eigenvalue weighted by atomic mass is 16.5. The minimum atomic E-state index is 0.0946. The summed E-state index contributed by atoms with van der Waals surface area (Å²) < 4.78 is 10.3. The summed E-state index contributed by atoms with van der Waals surface area (Å²) in [5.74, 6) is 1.36. The Morgan fingerprint density at radius 1 is 1.13 bits per heavy atom. The Bertz CT molecular complexity index is 401. The van der Waals surface area contributed by atoms with Crippen molar-refractivity contribution in [2.24, 2.45) is 0 Å². The molecule has 1 aliphatic rings. The summed E-state index contributed by atoms with van der Waals surface area (Å²) in [6, 6.07) is 3.59. The molecule has 1 aromatic rings. The monoisotopic (exact) mass is 207 g/mol. The Morgan fingerprint density at radius 3 is 2.47 bits per heavy atom. The van der Waals surface area contributed by atoms with Gasteiger partial charge in [0.25, 0.3) is 0 Å². The highest BCUT2D eigenvalue weighted by molar-refractivity contribution is 6.00. The third kappa shape index (κ3) is 1.68. The first-order valence-electron chi connectivity index (χ1n) is 4.75. The molecule has 0 radical (unpaired) electrons. The number of methoxy groups -OCH3 is 2. The number of carbonyl (C=O) groups is 1. The number of hydrogen-bond acceptors (Lipinski definition) is 4. The van der Waals surface area contributed by atoms with Crippen LogP contribution in [0.5, 0.6) is 11.5 Å². The summed E-state index contributed by atoms with van der Waals surface area (Å²) >= 11 is 0. The van der Waals surface area contributed by atoms with Crippen molar-refractivity contribution in [3.63, 3.8) is 0 Å². The fraction of sp³-hybridized carbons (Fsp3) is 0.364. The first-order valence-corrected chi connectivity index (χ1v) is 4.75. The largest absolute Gasteiger partial charge is 0.493 e. The van der Waals surface area contributed by atoms with Crippen molar-refractivity contribution in [3.8, 4) is 11.5 Å². The molecule has 4 nitrogen and oxygen atoms in total. The lowest BCUT2D eigenvalue weighted by molar-refractivity contribution is 0.0981. The van der Waals surface area contributed by atoms with E-state index in [-0.39, 0.29) is 5.78 Å². The predicted octanol–water partition coefficient (Wildman–Crippen LogP) is 0.990. The molecule has 0 aliphatic carbocycles.